The predicted octanol–water partition coefficient (Wildman–Crippen LogP) is 4.26. The van der Waals surface area contributed by atoms with E-state index in [-0.39, 0.29) is 0 Å². The third-order valence-electron chi connectivity index (χ3n) is 1.91. The van der Waals surface area contributed by atoms with Crippen molar-refractivity contribution in [3.8, 4) is 0 Å². The lowest BCUT2D eigenvalue weighted by Gasteiger charge is -2.11. The summed E-state index contributed by atoms with van der Waals surface area (Å²) in [7, 11) is 0. The van der Waals surface area contributed by atoms with Gasteiger partial charge in [0.15, 0.2) is 0 Å². The Labute approximate surface area is 81.1 Å². The standard InChI is InChI=1S/C8H17PS2/c1-3-5-6-8(4-2)7-11-9-10/h8H,3-7H2,1-2H3. The molecule has 0 aromatic rings. The first-order valence-electron chi connectivity index (χ1n) is 4.29. The average molecular weight is 208 g/mol. The maximum atomic E-state index is 4.87. The van der Waals surface area contributed by atoms with Gasteiger partial charge in [0.05, 0.1) is 0 Å². The molecule has 0 radical (unpaired) electrons. The number of hydrogen-bond donors (Lipinski definition) is 0. The summed E-state index contributed by atoms with van der Waals surface area (Å²) in [5, 5.41) is 0. The summed E-state index contributed by atoms with van der Waals surface area (Å²) < 4.78 is 0. The highest BCUT2D eigenvalue weighted by Crippen LogP contribution is 2.25. The minimum absolute atomic E-state index is 0.912. The molecular formula is C8H17PS2. The van der Waals surface area contributed by atoms with Crippen molar-refractivity contribution in [2.24, 2.45) is 5.92 Å². The number of unbranched alkanes of at least 4 members (excludes halogenated alkanes) is 1. The van der Waals surface area contributed by atoms with Crippen molar-refractivity contribution in [2.45, 2.75) is 39.5 Å². The van der Waals surface area contributed by atoms with Gasteiger partial charge in [0.1, 0.15) is 0 Å². The lowest BCUT2D eigenvalue weighted by Crippen LogP contribution is -2.00. The van der Waals surface area contributed by atoms with Gasteiger partial charge in [-0.3, -0.25) is 0 Å². The Morgan fingerprint density at radius 3 is 2.64 bits per heavy atom. The first kappa shape index (κ1) is 11.9. The Morgan fingerprint density at radius 2 is 2.18 bits per heavy atom. The fourth-order valence-electron chi connectivity index (χ4n) is 1.03. The minimum atomic E-state index is 0.912. The van der Waals surface area contributed by atoms with Crippen LogP contribution < -0.4 is 0 Å². The van der Waals surface area contributed by atoms with Crippen LogP contribution in [0.5, 0.6) is 0 Å². The van der Waals surface area contributed by atoms with Crippen molar-refractivity contribution < 1.29 is 0 Å². The quantitative estimate of drug-likeness (QED) is 0.573. The van der Waals surface area contributed by atoms with Crippen molar-refractivity contribution in [2.75, 3.05) is 5.75 Å². The Morgan fingerprint density at radius 1 is 1.45 bits per heavy atom. The Bertz CT molecular complexity index is 96.1. The maximum Gasteiger partial charge on any atom is 0.0430 e. The first-order valence-corrected chi connectivity index (χ1v) is 7.79. The molecule has 1 unspecified atom stereocenters. The minimum Gasteiger partial charge on any atom is -0.0904 e. The molecule has 66 valence electrons. The van der Waals surface area contributed by atoms with Crippen LogP contribution in [0.1, 0.15) is 39.5 Å². The average Bonchev–Trinajstić information content (AvgIpc) is 2.05. The van der Waals surface area contributed by atoms with E-state index in [1.165, 1.54) is 31.4 Å². The van der Waals surface area contributed by atoms with E-state index >= 15 is 0 Å². The zero-order chi connectivity index (χ0) is 8.53. The Hall–Kier alpha value is 0.870. The molecule has 3 heteroatoms. The molecule has 0 heterocycles. The van der Waals surface area contributed by atoms with E-state index in [1.807, 2.05) is 11.4 Å². The molecule has 0 bridgehead atoms. The van der Waals surface area contributed by atoms with Gasteiger partial charge in [-0.25, -0.2) is 0 Å². The van der Waals surface area contributed by atoms with Crippen LogP contribution in [0.15, 0.2) is 0 Å². The largest absolute Gasteiger partial charge is 0.0904 e. The van der Waals surface area contributed by atoms with Crippen molar-refractivity contribution >= 4 is 29.7 Å². The summed E-state index contributed by atoms with van der Waals surface area (Å²) in [5.41, 5.74) is 0. The summed E-state index contributed by atoms with van der Waals surface area (Å²) in [4.78, 5) is 0. The van der Waals surface area contributed by atoms with Crippen molar-refractivity contribution in [3.05, 3.63) is 0 Å². The smallest absolute Gasteiger partial charge is 0.0430 e. The van der Waals surface area contributed by atoms with Crippen LogP contribution in [0, 0.1) is 5.92 Å². The summed E-state index contributed by atoms with van der Waals surface area (Å²) >= 11 is 6.74. The van der Waals surface area contributed by atoms with Crippen LogP contribution in [0.2, 0.25) is 0 Å². The van der Waals surface area contributed by atoms with E-state index in [2.05, 4.69) is 13.8 Å². The van der Waals surface area contributed by atoms with Gasteiger partial charge in [0, 0.05) is 12.3 Å². The van der Waals surface area contributed by atoms with Gasteiger partial charge < -0.3 is 0 Å². The van der Waals surface area contributed by atoms with Crippen LogP contribution in [0.3, 0.4) is 0 Å². The molecule has 0 spiro atoms. The van der Waals surface area contributed by atoms with Gasteiger partial charge in [0.2, 0.25) is 0 Å². The van der Waals surface area contributed by atoms with Crippen LogP contribution in [0.25, 0.3) is 0 Å². The molecule has 0 amide bonds. The zero-order valence-electron chi connectivity index (χ0n) is 7.38. The zero-order valence-corrected chi connectivity index (χ0v) is 9.90. The summed E-state index contributed by atoms with van der Waals surface area (Å²) in [6.45, 7) is 5.60. The van der Waals surface area contributed by atoms with Crippen LogP contribution in [0.4, 0.5) is 0 Å². The van der Waals surface area contributed by atoms with Crippen LogP contribution in [-0.4, -0.2) is 5.75 Å². The van der Waals surface area contributed by atoms with Crippen LogP contribution in [-0.2, 0) is 11.8 Å². The molecule has 0 fully saturated rings. The first-order chi connectivity index (χ1) is 5.35. The molecule has 0 aromatic carbocycles. The molecular weight excluding hydrogens is 191 g/mol. The van der Waals surface area contributed by atoms with Gasteiger partial charge in [-0.2, -0.15) is 0 Å². The number of rotatable bonds is 7. The molecule has 0 saturated heterocycles. The second kappa shape index (κ2) is 8.96. The molecule has 11 heavy (non-hydrogen) atoms. The lowest BCUT2D eigenvalue weighted by molar-refractivity contribution is 0.500. The molecule has 0 aliphatic heterocycles. The molecule has 0 rings (SSSR count). The predicted molar refractivity (Wildman–Crippen MR) is 60.0 cm³/mol. The SMILES string of the molecule is CCCCC(CC)CSP=S. The van der Waals surface area contributed by atoms with E-state index < -0.39 is 0 Å². The molecule has 0 aliphatic carbocycles. The highest BCUT2D eigenvalue weighted by atomic mass is 32.9. The van der Waals surface area contributed by atoms with Crippen molar-refractivity contribution in [3.63, 3.8) is 0 Å². The molecule has 0 aliphatic rings. The second-order valence-electron chi connectivity index (χ2n) is 2.79. The summed E-state index contributed by atoms with van der Waals surface area (Å²) in [6.07, 6.45) is 5.42. The molecule has 0 aromatic heterocycles. The van der Waals surface area contributed by atoms with Gasteiger partial charge >= 0.3 is 0 Å². The van der Waals surface area contributed by atoms with Gasteiger partial charge in [-0.1, -0.05) is 44.5 Å². The Balaban J connectivity index is 3.32. The summed E-state index contributed by atoms with van der Waals surface area (Å²) in [5.74, 6) is 2.18. The third kappa shape index (κ3) is 7.24. The topological polar surface area (TPSA) is 0 Å². The van der Waals surface area contributed by atoms with Gasteiger partial charge in [0.25, 0.3) is 0 Å². The molecule has 1 atom stereocenters. The second-order valence-corrected chi connectivity index (χ2v) is 6.09. The third-order valence-corrected chi connectivity index (χ3v) is 4.34. The van der Waals surface area contributed by atoms with E-state index in [4.69, 9.17) is 11.8 Å². The highest BCUT2D eigenvalue weighted by Gasteiger charge is 2.04. The fourth-order valence-corrected chi connectivity index (χ4v) is 3.07. The number of hydrogen-bond acceptors (Lipinski definition) is 2. The molecule has 0 N–H and O–H groups in total. The van der Waals surface area contributed by atoms with Crippen molar-refractivity contribution in [1.82, 2.24) is 0 Å². The van der Waals surface area contributed by atoms with Crippen LogP contribution >= 0.6 is 17.9 Å². The maximum absolute atomic E-state index is 4.87. The van der Waals surface area contributed by atoms with E-state index in [0.717, 1.165) is 12.5 Å². The fraction of sp³-hybridized carbons (Fsp3) is 1.00. The van der Waals surface area contributed by atoms with E-state index in [1.54, 1.807) is 0 Å². The molecule has 0 saturated carbocycles. The van der Waals surface area contributed by atoms with Gasteiger partial charge in [-0.15, -0.1) is 0 Å². The van der Waals surface area contributed by atoms with Crippen molar-refractivity contribution in [1.29, 1.82) is 0 Å². The Kier molecular flexibility index (Phi) is 9.67. The normalized spacial score (nSPS) is 13.6. The lowest BCUT2D eigenvalue weighted by atomic mass is 10.0. The summed E-state index contributed by atoms with van der Waals surface area (Å²) in [6, 6.07) is 0. The monoisotopic (exact) mass is 208 g/mol. The highest BCUT2D eigenvalue weighted by molar-refractivity contribution is 8.57. The van der Waals surface area contributed by atoms with E-state index in [0.29, 0.717) is 0 Å². The van der Waals surface area contributed by atoms with Gasteiger partial charge in [-0.05, 0) is 24.1 Å². The molecule has 0 nitrogen and oxygen atoms in total. The van der Waals surface area contributed by atoms with E-state index in [9.17, 15) is 0 Å².